The van der Waals surface area contributed by atoms with Gasteiger partial charge in [-0.15, -0.1) is 5.06 Å². The van der Waals surface area contributed by atoms with Gasteiger partial charge in [0.2, 0.25) is 5.91 Å². The molecule has 1 aromatic carbocycles. The molecule has 0 bridgehead atoms. The third kappa shape index (κ3) is 7.81. The van der Waals surface area contributed by atoms with E-state index in [4.69, 9.17) is 9.57 Å². The van der Waals surface area contributed by atoms with Crippen LogP contribution in [0, 0.1) is 5.92 Å². The summed E-state index contributed by atoms with van der Waals surface area (Å²) in [6.45, 7) is 5.20. The molecule has 11 heteroatoms. The topological polar surface area (TPSA) is 139 Å². The predicted molar refractivity (Wildman–Crippen MR) is 130 cm³/mol. The van der Waals surface area contributed by atoms with Crippen LogP contribution in [0.2, 0.25) is 0 Å². The van der Waals surface area contributed by atoms with Crippen molar-refractivity contribution in [2.45, 2.75) is 59.0 Å². The summed E-state index contributed by atoms with van der Waals surface area (Å²) in [5.74, 6) is -2.82. The number of carbonyl (C=O) groups excluding carboxylic acids is 6. The first kappa shape index (κ1) is 27.7. The number of hydrogen-bond donors (Lipinski definition) is 1. The summed E-state index contributed by atoms with van der Waals surface area (Å²) in [5.41, 5.74) is 0.849. The van der Waals surface area contributed by atoms with Crippen LogP contribution in [-0.4, -0.2) is 58.6 Å². The number of rotatable bonds is 13. The Kier molecular flexibility index (Phi) is 9.67. The molecule has 0 spiro atoms. The highest BCUT2D eigenvalue weighted by molar-refractivity contribution is 6.12. The number of nitrogens with zero attached hydrogens (tertiary/aromatic N) is 2. The van der Waals surface area contributed by atoms with Gasteiger partial charge in [0.05, 0.1) is 17.9 Å². The van der Waals surface area contributed by atoms with E-state index in [1.807, 2.05) is 0 Å². The van der Waals surface area contributed by atoms with Crippen LogP contribution in [0.3, 0.4) is 0 Å². The maximum atomic E-state index is 12.8. The van der Waals surface area contributed by atoms with Gasteiger partial charge in [0, 0.05) is 44.6 Å². The number of nitrogens with one attached hydrogen (secondary N) is 1. The molecule has 0 unspecified atom stereocenters. The number of hydroxylamine groups is 2. The number of amides is 5. The molecule has 1 saturated heterocycles. The highest BCUT2D eigenvalue weighted by atomic mass is 16.7. The Bertz CT molecular complexity index is 1080. The summed E-state index contributed by atoms with van der Waals surface area (Å²) in [5, 5.41) is 3.14. The molecule has 1 aromatic rings. The molecule has 0 atom stereocenters. The Morgan fingerprint density at radius 3 is 2.32 bits per heavy atom. The highest BCUT2D eigenvalue weighted by Gasteiger charge is 2.33. The van der Waals surface area contributed by atoms with Crippen LogP contribution < -0.4 is 5.32 Å². The van der Waals surface area contributed by atoms with Gasteiger partial charge in [0.15, 0.2) is 0 Å². The van der Waals surface area contributed by atoms with Crippen molar-refractivity contribution < 1.29 is 38.3 Å². The van der Waals surface area contributed by atoms with E-state index in [0.717, 1.165) is 11.3 Å². The molecule has 2 heterocycles. The van der Waals surface area contributed by atoms with Crippen LogP contribution in [-0.2, 0) is 40.2 Å². The first-order valence-electron chi connectivity index (χ1n) is 12.3. The minimum Gasteiger partial charge on any atom is -0.377 e. The molecule has 198 valence electrons. The van der Waals surface area contributed by atoms with Gasteiger partial charge in [0.1, 0.15) is 0 Å². The normalized spacial score (nSPS) is 15.3. The van der Waals surface area contributed by atoms with Crippen molar-refractivity contribution in [3.05, 3.63) is 41.5 Å². The lowest BCUT2D eigenvalue weighted by atomic mass is 10.1. The smallest absolute Gasteiger partial charge is 0.366 e. The molecule has 0 aromatic heterocycles. The standard InChI is InChI=1S/C26H31N3O8/c1-17(2)12-14-36-16-18-6-7-19(26(35)37-29-24(33)10-11-25(29)34)20(15-18)27-21(30)5-3-4-13-28-22(31)8-9-23(28)32/h6-9,15,17H,3-5,10-14,16H2,1-2H3,(H,27,30). The van der Waals surface area contributed by atoms with Gasteiger partial charge in [0.25, 0.3) is 23.6 Å². The van der Waals surface area contributed by atoms with Crippen LogP contribution >= 0.6 is 0 Å². The van der Waals surface area contributed by atoms with Crippen LogP contribution in [0.4, 0.5) is 5.69 Å². The van der Waals surface area contributed by atoms with Crippen molar-refractivity contribution in [3.63, 3.8) is 0 Å². The van der Waals surface area contributed by atoms with E-state index >= 15 is 0 Å². The molecule has 37 heavy (non-hydrogen) atoms. The third-order valence-electron chi connectivity index (χ3n) is 5.80. The average Bonchev–Trinajstić information content (AvgIpc) is 3.34. The van der Waals surface area contributed by atoms with Gasteiger partial charge in [-0.2, -0.15) is 0 Å². The van der Waals surface area contributed by atoms with Crippen molar-refractivity contribution >= 4 is 41.2 Å². The summed E-state index contributed by atoms with van der Waals surface area (Å²) >= 11 is 0. The van der Waals surface area contributed by atoms with Gasteiger partial charge in [-0.25, -0.2) is 4.79 Å². The van der Waals surface area contributed by atoms with E-state index in [1.54, 1.807) is 12.1 Å². The summed E-state index contributed by atoms with van der Waals surface area (Å²) in [7, 11) is 0. The van der Waals surface area contributed by atoms with Gasteiger partial charge in [-0.1, -0.05) is 19.9 Å². The summed E-state index contributed by atoms with van der Waals surface area (Å²) in [4.78, 5) is 78.5. The molecule has 1 fully saturated rings. The number of benzene rings is 1. The Hall–Kier alpha value is -3.86. The molecule has 11 nitrogen and oxygen atoms in total. The zero-order valence-electron chi connectivity index (χ0n) is 21.0. The van der Waals surface area contributed by atoms with Crippen LogP contribution in [0.25, 0.3) is 0 Å². The Morgan fingerprint density at radius 2 is 1.68 bits per heavy atom. The fourth-order valence-corrected chi connectivity index (χ4v) is 3.68. The molecule has 2 aliphatic rings. The molecule has 0 saturated carbocycles. The second-order valence-electron chi connectivity index (χ2n) is 9.24. The molecule has 1 N–H and O–H groups in total. The first-order chi connectivity index (χ1) is 17.7. The van der Waals surface area contributed by atoms with Crippen molar-refractivity contribution in [1.82, 2.24) is 9.96 Å². The van der Waals surface area contributed by atoms with Gasteiger partial charge in [-0.3, -0.25) is 28.9 Å². The maximum absolute atomic E-state index is 12.8. The Labute approximate surface area is 214 Å². The first-order valence-corrected chi connectivity index (χ1v) is 12.3. The second kappa shape index (κ2) is 12.9. The molecule has 0 radical (unpaired) electrons. The van der Waals surface area contributed by atoms with Crippen molar-refractivity contribution in [2.75, 3.05) is 18.5 Å². The van der Waals surface area contributed by atoms with Crippen LogP contribution in [0.5, 0.6) is 0 Å². The van der Waals surface area contributed by atoms with E-state index in [9.17, 15) is 28.8 Å². The third-order valence-corrected chi connectivity index (χ3v) is 5.80. The maximum Gasteiger partial charge on any atom is 0.366 e. The number of unbranched alkanes of at least 4 members (excludes halogenated alkanes) is 1. The number of ether oxygens (including phenoxy) is 1. The lowest BCUT2D eigenvalue weighted by Gasteiger charge is -2.16. The quantitative estimate of drug-likeness (QED) is 0.314. The van der Waals surface area contributed by atoms with Gasteiger partial charge >= 0.3 is 5.97 Å². The second-order valence-corrected chi connectivity index (χ2v) is 9.24. The Morgan fingerprint density at radius 1 is 1.00 bits per heavy atom. The molecule has 3 rings (SSSR count). The van der Waals surface area contributed by atoms with E-state index in [2.05, 4.69) is 19.2 Å². The molecule has 5 amide bonds. The highest BCUT2D eigenvalue weighted by Crippen LogP contribution is 2.23. The molecule has 0 aliphatic carbocycles. The van der Waals surface area contributed by atoms with Crippen LogP contribution in [0.1, 0.15) is 68.3 Å². The lowest BCUT2D eigenvalue weighted by molar-refractivity contribution is -0.172. The van der Waals surface area contributed by atoms with E-state index < -0.39 is 23.7 Å². The SMILES string of the molecule is CC(C)CCOCc1ccc(C(=O)ON2C(=O)CCC2=O)c(NC(=O)CCCCN2C(=O)C=CC2=O)c1. The number of anilines is 1. The van der Waals surface area contributed by atoms with Crippen molar-refractivity contribution in [1.29, 1.82) is 0 Å². The fraction of sp³-hybridized carbons (Fsp3) is 0.462. The minimum atomic E-state index is -0.954. The summed E-state index contributed by atoms with van der Waals surface area (Å²) < 4.78 is 5.68. The number of imide groups is 2. The molecule has 2 aliphatic heterocycles. The number of hydrogen-bond acceptors (Lipinski definition) is 8. The predicted octanol–water partition coefficient (Wildman–Crippen LogP) is 2.50. The average molecular weight is 514 g/mol. The van der Waals surface area contributed by atoms with E-state index in [0.29, 0.717) is 36.0 Å². The largest absolute Gasteiger partial charge is 0.377 e. The fourth-order valence-electron chi connectivity index (χ4n) is 3.68. The minimum absolute atomic E-state index is 0.0221. The summed E-state index contributed by atoms with van der Waals surface area (Å²) in [6, 6.07) is 4.68. The van der Waals surface area contributed by atoms with Crippen molar-refractivity contribution in [3.8, 4) is 0 Å². The summed E-state index contributed by atoms with van der Waals surface area (Å²) in [6.07, 6.45) is 4.14. The van der Waals surface area contributed by atoms with Gasteiger partial charge in [-0.05, 0) is 42.9 Å². The monoisotopic (exact) mass is 513 g/mol. The zero-order valence-corrected chi connectivity index (χ0v) is 21.0. The molecular weight excluding hydrogens is 482 g/mol. The van der Waals surface area contributed by atoms with Crippen molar-refractivity contribution in [2.24, 2.45) is 5.92 Å². The van der Waals surface area contributed by atoms with E-state index in [-0.39, 0.29) is 55.5 Å². The van der Waals surface area contributed by atoms with Crippen LogP contribution in [0.15, 0.2) is 30.4 Å². The number of carbonyl (C=O) groups is 6. The van der Waals surface area contributed by atoms with E-state index in [1.165, 1.54) is 18.2 Å². The Balaban J connectivity index is 1.63. The zero-order chi connectivity index (χ0) is 26.9. The van der Waals surface area contributed by atoms with Gasteiger partial charge < -0.3 is 14.9 Å². The lowest BCUT2D eigenvalue weighted by Crippen LogP contribution is -2.32. The molecular formula is C26H31N3O8.